The molecular weight excluding hydrogens is 186 g/mol. The lowest BCUT2D eigenvalue weighted by Crippen LogP contribution is -2.17. The standard InChI is InChI=1S/C13H19NO/c1-11(10-15)12-4-6-13(7-5-12)14-8-2-3-9-14/h4-7,11,15H,2-3,8-10H2,1H3. The molecule has 0 bridgehead atoms. The fourth-order valence-corrected chi connectivity index (χ4v) is 2.09. The highest BCUT2D eigenvalue weighted by Crippen LogP contribution is 2.23. The van der Waals surface area contributed by atoms with E-state index in [1.165, 1.54) is 37.2 Å². The first-order valence-corrected chi connectivity index (χ1v) is 5.77. The third kappa shape index (κ3) is 2.32. The van der Waals surface area contributed by atoms with E-state index in [0.717, 1.165) is 0 Å². The quantitative estimate of drug-likeness (QED) is 0.819. The Kier molecular flexibility index (Phi) is 3.27. The fraction of sp³-hybridized carbons (Fsp3) is 0.538. The van der Waals surface area contributed by atoms with E-state index in [-0.39, 0.29) is 12.5 Å². The summed E-state index contributed by atoms with van der Waals surface area (Å²) >= 11 is 0. The molecule has 1 heterocycles. The molecule has 2 nitrogen and oxygen atoms in total. The second-order valence-corrected chi connectivity index (χ2v) is 4.37. The van der Waals surface area contributed by atoms with Crippen LogP contribution in [0.3, 0.4) is 0 Å². The van der Waals surface area contributed by atoms with Gasteiger partial charge in [-0.3, -0.25) is 0 Å². The van der Waals surface area contributed by atoms with Gasteiger partial charge in [-0.2, -0.15) is 0 Å². The lowest BCUT2D eigenvalue weighted by molar-refractivity contribution is 0.273. The van der Waals surface area contributed by atoms with Crippen molar-refractivity contribution >= 4 is 5.69 Å². The number of benzene rings is 1. The van der Waals surface area contributed by atoms with Crippen LogP contribution in [0.1, 0.15) is 31.2 Å². The zero-order valence-corrected chi connectivity index (χ0v) is 9.32. The van der Waals surface area contributed by atoms with Crippen LogP contribution in [0.5, 0.6) is 0 Å². The topological polar surface area (TPSA) is 23.5 Å². The summed E-state index contributed by atoms with van der Waals surface area (Å²) in [5.41, 5.74) is 2.54. The minimum atomic E-state index is 0.225. The zero-order valence-electron chi connectivity index (χ0n) is 9.32. The molecule has 1 aliphatic heterocycles. The van der Waals surface area contributed by atoms with Gasteiger partial charge in [0.2, 0.25) is 0 Å². The molecule has 82 valence electrons. The Balaban J connectivity index is 2.09. The Morgan fingerprint density at radius 2 is 1.80 bits per heavy atom. The van der Waals surface area contributed by atoms with Crippen LogP contribution < -0.4 is 4.90 Å². The van der Waals surface area contributed by atoms with Gasteiger partial charge in [0, 0.05) is 31.3 Å². The average Bonchev–Trinajstić information content (AvgIpc) is 2.82. The van der Waals surface area contributed by atoms with Crippen molar-refractivity contribution in [1.29, 1.82) is 0 Å². The summed E-state index contributed by atoms with van der Waals surface area (Å²) in [7, 11) is 0. The van der Waals surface area contributed by atoms with Crippen molar-refractivity contribution in [3.05, 3.63) is 29.8 Å². The smallest absolute Gasteiger partial charge is 0.0497 e. The monoisotopic (exact) mass is 205 g/mol. The Hall–Kier alpha value is -1.02. The van der Waals surface area contributed by atoms with Crippen molar-refractivity contribution in [3.8, 4) is 0 Å². The van der Waals surface area contributed by atoms with Gasteiger partial charge < -0.3 is 10.0 Å². The summed E-state index contributed by atoms with van der Waals surface area (Å²) in [6.07, 6.45) is 2.63. The number of hydrogen-bond donors (Lipinski definition) is 1. The predicted molar refractivity (Wildman–Crippen MR) is 63.4 cm³/mol. The van der Waals surface area contributed by atoms with Crippen LogP contribution in [-0.4, -0.2) is 24.8 Å². The Morgan fingerprint density at radius 1 is 1.20 bits per heavy atom. The maximum Gasteiger partial charge on any atom is 0.0497 e. The predicted octanol–water partition coefficient (Wildman–Crippen LogP) is 2.38. The van der Waals surface area contributed by atoms with Crippen molar-refractivity contribution in [2.24, 2.45) is 0 Å². The van der Waals surface area contributed by atoms with E-state index < -0.39 is 0 Å². The summed E-state index contributed by atoms with van der Waals surface area (Å²) in [5.74, 6) is 0.248. The van der Waals surface area contributed by atoms with Crippen LogP contribution in [0.15, 0.2) is 24.3 Å². The first-order valence-electron chi connectivity index (χ1n) is 5.77. The van der Waals surface area contributed by atoms with Gasteiger partial charge >= 0.3 is 0 Å². The molecule has 1 atom stereocenters. The molecule has 0 saturated carbocycles. The second-order valence-electron chi connectivity index (χ2n) is 4.37. The molecule has 0 spiro atoms. The third-order valence-electron chi connectivity index (χ3n) is 3.21. The largest absolute Gasteiger partial charge is 0.396 e. The van der Waals surface area contributed by atoms with E-state index in [2.05, 4.69) is 29.2 Å². The number of aliphatic hydroxyl groups excluding tert-OH is 1. The van der Waals surface area contributed by atoms with Gasteiger partial charge in [-0.25, -0.2) is 0 Å². The molecule has 1 N–H and O–H groups in total. The first kappa shape index (κ1) is 10.5. The van der Waals surface area contributed by atoms with Crippen LogP contribution in [0, 0.1) is 0 Å². The molecule has 0 aromatic heterocycles. The summed E-state index contributed by atoms with van der Waals surface area (Å²) in [6.45, 7) is 4.65. The summed E-state index contributed by atoms with van der Waals surface area (Å²) in [4.78, 5) is 2.42. The molecule has 1 aliphatic rings. The molecule has 0 radical (unpaired) electrons. The Morgan fingerprint density at radius 3 is 2.33 bits per heavy atom. The summed E-state index contributed by atoms with van der Waals surface area (Å²) in [5, 5.41) is 9.06. The number of hydrogen-bond acceptors (Lipinski definition) is 2. The molecule has 2 rings (SSSR count). The molecule has 1 unspecified atom stereocenters. The molecule has 1 aromatic carbocycles. The van der Waals surface area contributed by atoms with Crippen LogP contribution in [0.25, 0.3) is 0 Å². The van der Waals surface area contributed by atoms with Crippen LogP contribution in [-0.2, 0) is 0 Å². The third-order valence-corrected chi connectivity index (χ3v) is 3.21. The number of rotatable bonds is 3. The van der Waals surface area contributed by atoms with E-state index in [1.54, 1.807) is 0 Å². The van der Waals surface area contributed by atoms with Crippen LogP contribution in [0.4, 0.5) is 5.69 Å². The lowest BCUT2D eigenvalue weighted by Gasteiger charge is -2.18. The Labute approximate surface area is 91.5 Å². The van der Waals surface area contributed by atoms with E-state index in [9.17, 15) is 0 Å². The number of aliphatic hydroxyl groups is 1. The minimum Gasteiger partial charge on any atom is -0.396 e. The zero-order chi connectivity index (χ0) is 10.7. The SMILES string of the molecule is CC(CO)c1ccc(N2CCCC2)cc1. The number of nitrogens with zero attached hydrogens (tertiary/aromatic N) is 1. The first-order chi connectivity index (χ1) is 7.31. The molecule has 0 aliphatic carbocycles. The molecule has 0 amide bonds. The maximum atomic E-state index is 9.06. The second kappa shape index (κ2) is 4.67. The lowest BCUT2D eigenvalue weighted by atomic mass is 10.0. The van der Waals surface area contributed by atoms with Gasteiger partial charge in [0.15, 0.2) is 0 Å². The summed E-state index contributed by atoms with van der Waals surface area (Å²) < 4.78 is 0. The highest BCUT2D eigenvalue weighted by atomic mass is 16.3. The molecule has 15 heavy (non-hydrogen) atoms. The minimum absolute atomic E-state index is 0.225. The van der Waals surface area contributed by atoms with E-state index in [4.69, 9.17) is 5.11 Å². The van der Waals surface area contributed by atoms with Crippen molar-refractivity contribution in [1.82, 2.24) is 0 Å². The van der Waals surface area contributed by atoms with Crippen molar-refractivity contribution in [3.63, 3.8) is 0 Å². The highest BCUT2D eigenvalue weighted by molar-refractivity contribution is 5.48. The molecule has 1 fully saturated rings. The highest BCUT2D eigenvalue weighted by Gasteiger charge is 2.12. The molecule has 2 heteroatoms. The van der Waals surface area contributed by atoms with Crippen molar-refractivity contribution < 1.29 is 5.11 Å². The Bertz CT molecular complexity index is 301. The van der Waals surface area contributed by atoms with Crippen molar-refractivity contribution in [2.45, 2.75) is 25.7 Å². The van der Waals surface area contributed by atoms with E-state index in [1.807, 2.05) is 6.92 Å². The van der Waals surface area contributed by atoms with Gasteiger partial charge in [-0.15, -0.1) is 0 Å². The average molecular weight is 205 g/mol. The van der Waals surface area contributed by atoms with E-state index in [0.29, 0.717) is 0 Å². The number of anilines is 1. The van der Waals surface area contributed by atoms with E-state index >= 15 is 0 Å². The van der Waals surface area contributed by atoms with Crippen LogP contribution >= 0.6 is 0 Å². The van der Waals surface area contributed by atoms with Gasteiger partial charge in [-0.05, 0) is 30.5 Å². The maximum absolute atomic E-state index is 9.06. The van der Waals surface area contributed by atoms with Gasteiger partial charge in [0.25, 0.3) is 0 Å². The fourth-order valence-electron chi connectivity index (χ4n) is 2.09. The van der Waals surface area contributed by atoms with Crippen LogP contribution in [0.2, 0.25) is 0 Å². The van der Waals surface area contributed by atoms with Gasteiger partial charge in [0.05, 0.1) is 0 Å². The van der Waals surface area contributed by atoms with Gasteiger partial charge in [0.1, 0.15) is 0 Å². The summed E-state index contributed by atoms with van der Waals surface area (Å²) in [6, 6.07) is 8.61. The normalized spacial score (nSPS) is 18.1. The molecule has 1 saturated heterocycles. The van der Waals surface area contributed by atoms with Crippen molar-refractivity contribution in [2.75, 3.05) is 24.6 Å². The molecular formula is C13H19NO. The molecule has 1 aromatic rings. The van der Waals surface area contributed by atoms with Gasteiger partial charge in [-0.1, -0.05) is 19.1 Å².